The number of nitrogens with zero attached hydrogens (tertiary/aromatic N) is 3. The largest absolute Gasteiger partial charge is 0.472 e. The molecular formula is C40H45FN6O8S. The predicted molar refractivity (Wildman–Crippen MR) is 204 cm³/mol. The average Bonchev–Trinajstić information content (AvgIpc) is 3.46. The van der Waals surface area contributed by atoms with E-state index in [-0.39, 0.29) is 43.8 Å². The molecule has 7 rings (SSSR count). The van der Waals surface area contributed by atoms with E-state index < -0.39 is 73.9 Å². The third-order valence-corrected chi connectivity index (χ3v) is 13.5. The highest BCUT2D eigenvalue weighted by Crippen LogP contribution is 2.46. The maximum absolute atomic E-state index is 14.7. The first-order valence-electron chi connectivity index (χ1n) is 18.9. The minimum absolute atomic E-state index is 0.0221. The van der Waals surface area contributed by atoms with Gasteiger partial charge in [0.25, 0.3) is 11.8 Å². The number of allylic oxidation sites excluding steroid dienone is 1. The van der Waals surface area contributed by atoms with Crippen LogP contribution in [0.2, 0.25) is 0 Å². The van der Waals surface area contributed by atoms with E-state index in [1.54, 1.807) is 19.1 Å². The molecule has 5 atom stereocenters. The van der Waals surface area contributed by atoms with Gasteiger partial charge in [0, 0.05) is 29.2 Å². The molecule has 0 spiro atoms. The van der Waals surface area contributed by atoms with E-state index in [2.05, 4.69) is 20.5 Å². The van der Waals surface area contributed by atoms with Gasteiger partial charge in [0.1, 0.15) is 35.8 Å². The summed E-state index contributed by atoms with van der Waals surface area (Å²) in [6.07, 6.45) is 7.47. The van der Waals surface area contributed by atoms with Crippen molar-refractivity contribution < 1.29 is 41.2 Å². The van der Waals surface area contributed by atoms with Crippen LogP contribution >= 0.6 is 0 Å². The number of aromatic nitrogens is 2. The van der Waals surface area contributed by atoms with Crippen LogP contribution < -0.4 is 20.1 Å². The second-order valence-electron chi connectivity index (χ2n) is 15.4. The molecule has 0 unspecified atom stereocenters. The monoisotopic (exact) mass is 788 g/mol. The Balaban J connectivity index is 1.24. The third kappa shape index (κ3) is 7.58. The van der Waals surface area contributed by atoms with Crippen molar-refractivity contribution in [2.24, 2.45) is 5.92 Å². The Morgan fingerprint density at radius 3 is 2.66 bits per heavy atom. The number of halogens is 1. The molecule has 3 aliphatic rings. The Labute approximate surface area is 323 Å². The Bertz CT molecular complexity index is 2320. The van der Waals surface area contributed by atoms with Crippen molar-refractivity contribution in [3.8, 4) is 5.88 Å². The Morgan fingerprint density at radius 2 is 1.89 bits per heavy atom. The van der Waals surface area contributed by atoms with E-state index in [0.717, 1.165) is 18.2 Å². The summed E-state index contributed by atoms with van der Waals surface area (Å²) in [5, 5.41) is 11.2. The molecule has 2 aliphatic heterocycles. The molecule has 0 radical (unpaired) electrons. The fourth-order valence-electron chi connectivity index (χ4n) is 7.41. The lowest BCUT2D eigenvalue weighted by atomic mass is 10.0. The molecule has 3 N–H and O–H groups in total. The molecule has 1 saturated carbocycles. The fraction of sp³-hybridized carbons (Fsp3) is 0.450. The Kier molecular flexibility index (Phi) is 10.6. The number of para-hydroxylation sites is 1. The second kappa shape index (κ2) is 15.3. The van der Waals surface area contributed by atoms with Crippen molar-refractivity contribution in [3.05, 3.63) is 78.5 Å². The third-order valence-electron chi connectivity index (χ3n) is 11.3. The smallest absolute Gasteiger partial charge is 0.274 e. The maximum atomic E-state index is 14.7. The van der Waals surface area contributed by atoms with Gasteiger partial charge in [0.15, 0.2) is 5.69 Å². The number of hydrogen-bond donors (Lipinski definition) is 3. The minimum Gasteiger partial charge on any atom is -0.472 e. The van der Waals surface area contributed by atoms with Gasteiger partial charge in [-0.1, -0.05) is 61.3 Å². The zero-order chi connectivity index (χ0) is 39.8. The van der Waals surface area contributed by atoms with E-state index in [1.165, 1.54) is 43.2 Å². The average molecular weight is 789 g/mol. The van der Waals surface area contributed by atoms with Crippen LogP contribution in [0.25, 0.3) is 21.7 Å². The van der Waals surface area contributed by atoms with Gasteiger partial charge in [-0.3, -0.25) is 23.9 Å². The van der Waals surface area contributed by atoms with Crippen LogP contribution in [0, 0.1) is 11.7 Å². The number of rotatable bonds is 8. The Hall–Kier alpha value is -5.38. The number of carbonyl (C=O) groups excluding carboxylic acids is 4. The molecule has 2 aromatic heterocycles. The number of hydrogen-bond acceptors (Lipinski definition) is 10. The van der Waals surface area contributed by atoms with Crippen molar-refractivity contribution in [1.82, 2.24) is 30.4 Å². The molecule has 2 fully saturated rings. The van der Waals surface area contributed by atoms with Gasteiger partial charge in [-0.2, -0.15) is 0 Å². The number of nitrogens with one attached hydrogen (secondary N) is 3. The van der Waals surface area contributed by atoms with Crippen LogP contribution in [-0.2, 0) is 24.4 Å². The number of benzene rings is 2. The van der Waals surface area contributed by atoms with E-state index in [0.29, 0.717) is 29.1 Å². The van der Waals surface area contributed by atoms with Crippen molar-refractivity contribution in [1.29, 1.82) is 0 Å². The summed E-state index contributed by atoms with van der Waals surface area (Å²) in [6.45, 7) is 4.62. The number of fused-ring (bicyclic) bond motifs is 5. The SMILES string of the molecule is CCC(C)(C)S(=O)(=O)NC(=O)[C@@]12C[C@H]1/C=C\CCCCC[C@H](NC(=O)c1ccon1)C(=O)N1C[C@H](Oc3nc4ccccc4c4ccc(F)cc34)C[C@H]1C(=O)N2. The minimum atomic E-state index is -4.14. The van der Waals surface area contributed by atoms with Gasteiger partial charge < -0.3 is 24.8 Å². The van der Waals surface area contributed by atoms with Crippen LogP contribution in [0.1, 0.15) is 82.6 Å². The lowest BCUT2D eigenvalue weighted by Crippen LogP contribution is -2.59. The van der Waals surface area contributed by atoms with E-state index in [9.17, 15) is 32.0 Å². The van der Waals surface area contributed by atoms with Gasteiger partial charge in [-0.15, -0.1) is 0 Å². The number of ether oxygens (including phenoxy) is 1. The summed E-state index contributed by atoms with van der Waals surface area (Å²) in [7, 11) is -4.14. The number of sulfonamides is 1. The van der Waals surface area contributed by atoms with Crippen molar-refractivity contribution in [2.75, 3.05) is 6.54 Å². The van der Waals surface area contributed by atoms with Crippen molar-refractivity contribution in [3.63, 3.8) is 0 Å². The molecule has 2 aromatic carbocycles. The van der Waals surface area contributed by atoms with Gasteiger partial charge in [0.05, 0.1) is 16.8 Å². The molecular weight excluding hydrogens is 744 g/mol. The summed E-state index contributed by atoms with van der Waals surface area (Å²) in [5.41, 5.74) is -1.01. The predicted octanol–water partition coefficient (Wildman–Crippen LogP) is 4.69. The van der Waals surface area contributed by atoms with E-state index in [1.807, 2.05) is 30.4 Å². The standard InChI is InChI=1S/C40H45FN6O8S/c1-4-39(2,3)56(52,53)46-38(51)40-22-24(40)12-8-6-5-7-9-15-32(42-34(48)31-18-19-54-45-31)37(50)47-23-26(21-33(47)35(49)44-40)55-36-29-20-25(41)16-17-27(29)28-13-10-11-14-30(28)43-36/h8,10-14,16-20,24,26,32-33H,4-7,9,15,21-23H2,1-3H3,(H,42,48)(H,44,49)(H,46,51)/b12-8-/t24-,26-,32+,33+,40-/m1/s1. The Morgan fingerprint density at radius 1 is 1.09 bits per heavy atom. The zero-order valence-corrected chi connectivity index (χ0v) is 32.2. The number of carbonyl (C=O) groups is 4. The molecule has 1 saturated heterocycles. The van der Waals surface area contributed by atoms with E-state index in [4.69, 9.17) is 14.2 Å². The van der Waals surface area contributed by atoms with Gasteiger partial charge in [-0.05, 0) is 69.5 Å². The summed E-state index contributed by atoms with van der Waals surface area (Å²) >= 11 is 0. The summed E-state index contributed by atoms with van der Waals surface area (Å²) in [6, 6.07) is 10.8. The maximum Gasteiger partial charge on any atom is 0.274 e. The molecule has 4 amide bonds. The topological polar surface area (TPSA) is 190 Å². The first kappa shape index (κ1) is 38.9. The highest BCUT2D eigenvalue weighted by atomic mass is 32.2. The molecule has 1 aliphatic carbocycles. The fourth-order valence-corrected chi connectivity index (χ4v) is 8.50. The molecule has 16 heteroatoms. The summed E-state index contributed by atoms with van der Waals surface area (Å²) in [4.78, 5) is 62.2. The molecule has 296 valence electrons. The summed E-state index contributed by atoms with van der Waals surface area (Å²) < 4.78 is 53.6. The second-order valence-corrected chi connectivity index (χ2v) is 17.7. The van der Waals surface area contributed by atoms with Crippen molar-refractivity contribution in [2.45, 2.75) is 101 Å². The van der Waals surface area contributed by atoms with E-state index >= 15 is 0 Å². The zero-order valence-electron chi connectivity index (χ0n) is 31.4. The van der Waals surface area contributed by atoms with Crippen LogP contribution in [0.5, 0.6) is 5.88 Å². The highest BCUT2D eigenvalue weighted by molar-refractivity contribution is 7.91. The molecule has 56 heavy (non-hydrogen) atoms. The van der Waals surface area contributed by atoms with Gasteiger partial charge in [0.2, 0.25) is 27.7 Å². The molecule has 14 nitrogen and oxygen atoms in total. The van der Waals surface area contributed by atoms with Crippen LogP contribution in [0.15, 0.2) is 71.5 Å². The van der Waals surface area contributed by atoms with Crippen LogP contribution in [-0.4, -0.2) is 82.1 Å². The normalized spacial score (nSPS) is 25.3. The van der Waals surface area contributed by atoms with Gasteiger partial charge >= 0.3 is 0 Å². The lowest BCUT2D eigenvalue weighted by Gasteiger charge is -2.30. The quantitative estimate of drug-likeness (QED) is 0.167. The van der Waals surface area contributed by atoms with Gasteiger partial charge in [-0.25, -0.2) is 17.8 Å². The first-order valence-corrected chi connectivity index (χ1v) is 20.4. The van der Waals surface area contributed by atoms with Crippen LogP contribution in [0.3, 0.4) is 0 Å². The lowest BCUT2D eigenvalue weighted by molar-refractivity contribution is -0.141. The molecule has 4 aromatic rings. The highest BCUT2D eigenvalue weighted by Gasteiger charge is 2.62. The van der Waals surface area contributed by atoms with Crippen LogP contribution in [0.4, 0.5) is 4.39 Å². The van der Waals surface area contributed by atoms with Crippen molar-refractivity contribution >= 4 is 55.3 Å². The first-order chi connectivity index (χ1) is 26.7. The molecule has 0 bridgehead atoms. The molecule has 4 heterocycles. The summed E-state index contributed by atoms with van der Waals surface area (Å²) in [5.74, 6) is -3.62. The number of pyridine rings is 1. The number of amides is 4.